The SMILES string of the molecule is [B]COC. The Bertz CT molecular complexity index is 8.00. The molecule has 0 fully saturated rings. The van der Waals surface area contributed by atoms with E-state index >= 15 is 0 Å². The second-order valence-electron chi connectivity index (χ2n) is 0.455. The van der Waals surface area contributed by atoms with Crippen molar-refractivity contribution in [2.45, 2.75) is 0 Å². The third kappa shape index (κ3) is 2.02. The highest BCUT2D eigenvalue weighted by molar-refractivity contribution is 6.08. The van der Waals surface area contributed by atoms with Gasteiger partial charge in [-0.05, 0) is 0 Å². The van der Waals surface area contributed by atoms with E-state index in [1.54, 1.807) is 7.11 Å². The molecule has 0 unspecified atom stereocenters. The van der Waals surface area contributed by atoms with E-state index in [9.17, 15) is 0 Å². The summed E-state index contributed by atoms with van der Waals surface area (Å²) in [5, 5.41) is 0. The van der Waals surface area contributed by atoms with Crippen LogP contribution in [0.3, 0.4) is 0 Å². The Morgan fingerprint density at radius 1 is 2.00 bits per heavy atom. The van der Waals surface area contributed by atoms with Crippen molar-refractivity contribution in [1.82, 2.24) is 0 Å². The molecule has 2 heteroatoms. The van der Waals surface area contributed by atoms with Crippen LogP contribution in [0.4, 0.5) is 0 Å². The van der Waals surface area contributed by atoms with Gasteiger partial charge in [0.1, 0.15) is 7.85 Å². The van der Waals surface area contributed by atoms with E-state index in [0.717, 1.165) is 0 Å². The largest absolute Gasteiger partial charge is 0.394 e. The fourth-order valence-corrected chi connectivity index (χ4v) is 0. The van der Waals surface area contributed by atoms with Gasteiger partial charge in [-0.2, -0.15) is 0 Å². The Labute approximate surface area is 27.4 Å². The van der Waals surface area contributed by atoms with Crippen molar-refractivity contribution in [1.29, 1.82) is 0 Å². The first-order valence-corrected chi connectivity index (χ1v) is 1.11. The van der Waals surface area contributed by atoms with Crippen LogP contribution in [0.5, 0.6) is 0 Å². The van der Waals surface area contributed by atoms with E-state index in [1.165, 1.54) is 0 Å². The molecule has 0 spiro atoms. The van der Waals surface area contributed by atoms with Crippen LogP contribution in [0.1, 0.15) is 0 Å². The van der Waals surface area contributed by atoms with Gasteiger partial charge < -0.3 is 4.74 Å². The minimum absolute atomic E-state index is 0.319. The van der Waals surface area contributed by atoms with E-state index in [1.807, 2.05) is 0 Å². The molecule has 0 aromatic heterocycles. The summed E-state index contributed by atoms with van der Waals surface area (Å²) in [6.45, 7) is 0.319. The summed E-state index contributed by atoms with van der Waals surface area (Å²) in [6, 6.07) is 0. The number of hydrogen-bond donors (Lipinski definition) is 0. The van der Waals surface area contributed by atoms with Crippen LogP contribution < -0.4 is 0 Å². The lowest BCUT2D eigenvalue weighted by molar-refractivity contribution is 0.254. The topological polar surface area (TPSA) is 9.23 Å². The molecular formula is C2H5BO. The summed E-state index contributed by atoms with van der Waals surface area (Å²) >= 11 is 0. The lowest BCUT2D eigenvalue weighted by Gasteiger charge is -1.76. The van der Waals surface area contributed by atoms with E-state index < -0.39 is 0 Å². The molecule has 0 atom stereocenters. The normalized spacial score (nSPS) is 7.25. The van der Waals surface area contributed by atoms with Crippen molar-refractivity contribution >= 4 is 7.85 Å². The maximum atomic E-state index is 4.81. The summed E-state index contributed by atoms with van der Waals surface area (Å²) in [5.41, 5.74) is 0. The standard InChI is InChI=1S/C2H5BO/c1-4-2-3/h2H2,1H3. The third-order valence-electron chi connectivity index (χ3n) is 0.167. The molecule has 0 amide bonds. The summed E-state index contributed by atoms with van der Waals surface area (Å²) in [4.78, 5) is 0. The monoisotopic (exact) mass is 56.0 g/mol. The van der Waals surface area contributed by atoms with Crippen LogP contribution in [0.15, 0.2) is 0 Å². The minimum atomic E-state index is 0.319. The second-order valence-corrected chi connectivity index (χ2v) is 0.455. The molecule has 0 aliphatic carbocycles. The number of methoxy groups -OCH3 is 1. The summed E-state index contributed by atoms with van der Waals surface area (Å²) < 4.78 is 4.32. The molecule has 0 rings (SSSR count). The molecule has 0 aliphatic heterocycles. The predicted octanol–water partition coefficient (Wildman–Crippen LogP) is -0.241. The van der Waals surface area contributed by atoms with E-state index in [-0.39, 0.29) is 0 Å². The summed E-state index contributed by atoms with van der Waals surface area (Å²) in [6.07, 6.45) is 0. The maximum Gasteiger partial charge on any atom is 0.104 e. The zero-order chi connectivity index (χ0) is 3.41. The van der Waals surface area contributed by atoms with Crippen molar-refractivity contribution in [2.75, 3.05) is 13.6 Å². The summed E-state index contributed by atoms with van der Waals surface area (Å²) in [7, 11) is 6.36. The van der Waals surface area contributed by atoms with Gasteiger partial charge in [-0.25, -0.2) is 0 Å². The van der Waals surface area contributed by atoms with Gasteiger partial charge >= 0.3 is 0 Å². The predicted molar refractivity (Wildman–Crippen MR) is 17.6 cm³/mol. The van der Waals surface area contributed by atoms with Gasteiger partial charge in [0.2, 0.25) is 0 Å². The van der Waals surface area contributed by atoms with Crippen molar-refractivity contribution in [3.05, 3.63) is 0 Å². The molecule has 0 aromatic carbocycles. The first-order chi connectivity index (χ1) is 1.91. The van der Waals surface area contributed by atoms with Gasteiger partial charge in [-0.3, -0.25) is 0 Å². The molecule has 0 saturated carbocycles. The molecule has 0 aliphatic rings. The number of hydrogen-bond acceptors (Lipinski definition) is 1. The average Bonchev–Trinajstić information content (AvgIpc) is 1.37. The second kappa shape index (κ2) is 3.02. The van der Waals surface area contributed by atoms with E-state index in [2.05, 4.69) is 4.74 Å². The number of rotatable bonds is 1. The molecule has 1 nitrogen and oxygen atoms in total. The molecule has 0 heterocycles. The Morgan fingerprint density at radius 3 is 2.25 bits per heavy atom. The van der Waals surface area contributed by atoms with Gasteiger partial charge in [0.15, 0.2) is 0 Å². The van der Waals surface area contributed by atoms with Crippen molar-refractivity contribution in [2.24, 2.45) is 0 Å². The Hall–Kier alpha value is 0.0249. The smallest absolute Gasteiger partial charge is 0.104 e. The van der Waals surface area contributed by atoms with Crippen LogP contribution in [0.2, 0.25) is 0 Å². The van der Waals surface area contributed by atoms with Crippen LogP contribution in [0, 0.1) is 0 Å². The summed E-state index contributed by atoms with van der Waals surface area (Å²) in [5.74, 6) is 0. The molecule has 0 bridgehead atoms. The fourth-order valence-electron chi connectivity index (χ4n) is 0. The highest BCUT2D eigenvalue weighted by Crippen LogP contribution is 1.45. The van der Waals surface area contributed by atoms with E-state index in [0.29, 0.717) is 6.51 Å². The van der Waals surface area contributed by atoms with Gasteiger partial charge in [-0.15, -0.1) is 0 Å². The molecule has 2 radical (unpaired) electrons. The van der Waals surface area contributed by atoms with Crippen molar-refractivity contribution < 1.29 is 4.74 Å². The zero-order valence-corrected chi connectivity index (χ0v) is 2.69. The van der Waals surface area contributed by atoms with Gasteiger partial charge in [0.05, 0.1) is 0 Å². The Morgan fingerprint density at radius 2 is 2.25 bits per heavy atom. The minimum Gasteiger partial charge on any atom is -0.394 e. The molecule has 0 aromatic rings. The first kappa shape index (κ1) is 4.02. The molecular weight excluding hydrogens is 50.8 g/mol. The molecule has 0 saturated heterocycles. The lowest BCUT2D eigenvalue weighted by Crippen LogP contribution is -1.80. The average molecular weight is 55.9 g/mol. The maximum absolute atomic E-state index is 4.81. The Kier molecular flexibility index (Phi) is 3.04. The lowest BCUT2D eigenvalue weighted by atomic mass is 10.2. The van der Waals surface area contributed by atoms with Crippen LogP contribution >= 0.6 is 0 Å². The van der Waals surface area contributed by atoms with Gasteiger partial charge in [0.25, 0.3) is 0 Å². The molecule has 4 heavy (non-hydrogen) atoms. The zero-order valence-electron chi connectivity index (χ0n) is 2.69. The van der Waals surface area contributed by atoms with Gasteiger partial charge in [0, 0.05) is 13.6 Å². The highest BCUT2D eigenvalue weighted by atomic mass is 16.5. The van der Waals surface area contributed by atoms with Crippen LogP contribution in [-0.4, -0.2) is 21.5 Å². The molecule has 0 N–H and O–H groups in total. The van der Waals surface area contributed by atoms with Crippen molar-refractivity contribution in [3.8, 4) is 0 Å². The van der Waals surface area contributed by atoms with Gasteiger partial charge in [-0.1, -0.05) is 0 Å². The Balaban J connectivity index is 1.97. The quantitative estimate of drug-likeness (QED) is 0.376. The number of ether oxygens (including phenoxy) is 1. The molecule has 22 valence electrons. The van der Waals surface area contributed by atoms with Crippen molar-refractivity contribution in [3.63, 3.8) is 0 Å². The highest BCUT2D eigenvalue weighted by Gasteiger charge is 1.52. The fraction of sp³-hybridized carbons (Fsp3) is 1.00. The van der Waals surface area contributed by atoms with E-state index in [4.69, 9.17) is 7.85 Å². The first-order valence-electron chi connectivity index (χ1n) is 1.11. The van der Waals surface area contributed by atoms with Crippen LogP contribution in [-0.2, 0) is 4.74 Å². The third-order valence-corrected chi connectivity index (χ3v) is 0.167. The van der Waals surface area contributed by atoms with Crippen LogP contribution in [0.25, 0.3) is 0 Å².